The maximum Gasteiger partial charge on any atom is 0.264 e. The van der Waals surface area contributed by atoms with Gasteiger partial charge in [-0.1, -0.05) is 24.3 Å². The summed E-state index contributed by atoms with van der Waals surface area (Å²) < 4.78 is 11.3. The van der Waals surface area contributed by atoms with Gasteiger partial charge >= 0.3 is 0 Å². The van der Waals surface area contributed by atoms with Gasteiger partial charge in [0.05, 0.1) is 5.56 Å². The second-order valence-electron chi connectivity index (χ2n) is 7.29. The van der Waals surface area contributed by atoms with Crippen molar-refractivity contribution in [1.82, 2.24) is 10.3 Å². The minimum absolute atomic E-state index is 0.0301. The van der Waals surface area contributed by atoms with E-state index in [2.05, 4.69) is 15.6 Å². The summed E-state index contributed by atoms with van der Waals surface area (Å²) in [6.45, 7) is 3.78. The van der Waals surface area contributed by atoms with E-state index in [9.17, 15) is 9.90 Å². The number of ether oxygens (including phenoxy) is 1. The Morgan fingerprint density at radius 1 is 1.12 bits per heavy atom. The Labute approximate surface area is 190 Å². The van der Waals surface area contributed by atoms with Gasteiger partial charge in [-0.3, -0.25) is 10.1 Å². The number of hydrogen-bond donors (Lipinski definition) is 3. The number of oxazole rings is 1. The van der Waals surface area contributed by atoms with E-state index in [0.717, 1.165) is 16.6 Å². The molecule has 0 aliphatic heterocycles. The summed E-state index contributed by atoms with van der Waals surface area (Å²) in [4.78, 5) is 16.5. The molecule has 1 aromatic heterocycles. The summed E-state index contributed by atoms with van der Waals surface area (Å²) in [6, 6.07) is 17.8. The van der Waals surface area contributed by atoms with Crippen molar-refractivity contribution in [3.63, 3.8) is 0 Å². The zero-order chi connectivity index (χ0) is 22.7. The van der Waals surface area contributed by atoms with Crippen molar-refractivity contribution in [2.75, 3.05) is 11.9 Å². The molecule has 0 spiro atoms. The Hall–Kier alpha value is -3.91. The molecule has 32 heavy (non-hydrogen) atoms. The van der Waals surface area contributed by atoms with Crippen LogP contribution < -0.4 is 15.4 Å². The molecule has 3 N–H and O–H groups in total. The lowest BCUT2D eigenvalue weighted by molar-refractivity contribution is -0.121. The Kier molecular flexibility index (Phi) is 6.04. The molecule has 0 saturated heterocycles. The van der Waals surface area contributed by atoms with Crippen molar-refractivity contribution in [3.8, 4) is 23.0 Å². The number of aromatic nitrogens is 1. The minimum atomic E-state index is -0.399. The van der Waals surface area contributed by atoms with E-state index >= 15 is 0 Å². The number of nitrogens with zero attached hydrogens (tertiary/aromatic N) is 1. The first-order chi connectivity index (χ1) is 15.4. The zero-order valence-corrected chi connectivity index (χ0v) is 18.3. The van der Waals surface area contributed by atoms with Gasteiger partial charge in [0.1, 0.15) is 17.0 Å². The molecule has 0 bridgehead atoms. The molecule has 0 aliphatic rings. The molecule has 0 aliphatic carbocycles. The number of rotatable bonds is 5. The lowest BCUT2D eigenvalue weighted by atomic mass is 10.1. The van der Waals surface area contributed by atoms with Crippen LogP contribution >= 0.6 is 12.2 Å². The number of phenolic OH excluding ortho intramolecular Hbond substituents is 1. The minimum Gasteiger partial charge on any atom is -0.507 e. The Morgan fingerprint density at radius 2 is 1.91 bits per heavy atom. The van der Waals surface area contributed by atoms with Crippen molar-refractivity contribution in [1.29, 1.82) is 0 Å². The van der Waals surface area contributed by atoms with E-state index in [4.69, 9.17) is 21.4 Å². The third kappa shape index (κ3) is 4.87. The number of amides is 1. The predicted octanol–water partition coefficient (Wildman–Crippen LogP) is 4.71. The van der Waals surface area contributed by atoms with Crippen LogP contribution in [0.2, 0.25) is 0 Å². The van der Waals surface area contributed by atoms with Crippen molar-refractivity contribution >= 4 is 40.0 Å². The van der Waals surface area contributed by atoms with Gasteiger partial charge in [0.15, 0.2) is 17.3 Å². The maximum atomic E-state index is 12.0. The van der Waals surface area contributed by atoms with Crippen LogP contribution in [0, 0.1) is 13.8 Å². The Balaban J connectivity index is 1.40. The maximum absolute atomic E-state index is 12.0. The number of anilines is 1. The highest BCUT2D eigenvalue weighted by Gasteiger charge is 2.15. The molecule has 162 valence electrons. The Bertz CT molecular complexity index is 1300. The number of aryl methyl sites for hydroxylation is 2. The highest BCUT2D eigenvalue weighted by molar-refractivity contribution is 7.80. The number of nitrogens with one attached hydrogen (secondary N) is 2. The molecule has 1 heterocycles. The molecule has 4 aromatic rings. The monoisotopic (exact) mass is 447 g/mol. The Morgan fingerprint density at radius 3 is 2.66 bits per heavy atom. The molecule has 0 fully saturated rings. The molecular formula is C24H21N3O4S. The summed E-state index contributed by atoms with van der Waals surface area (Å²) in [6.07, 6.45) is 0. The second kappa shape index (κ2) is 9.07. The number of fused-ring (bicyclic) bond motifs is 1. The third-order valence-electron chi connectivity index (χ3n) is 4.67. The first-order valence-electron chi connectivity index (χ1n) is 9.89. The topological polar surface area (TPSA) is 96.6 Å². The molecular weight excluding hydrogens is 426 g/mol. The number of para-hydroxylation sites is 1. The van der Waals surface area contributed by atoms with E-state index in [1.54, 1.807) is 24.3 Å². The summed E-state index contributed by atoms with van der Waals surface area (Å²) in [5.74, 6) is 0.486. The van der Waals surface area contributed by atoms with Crippen LogP contribution in [0.25, 0.3) is 22.6 Å². The van der Waals surface area contributed by atoms with Gasteiger partial charge in [0.2, 0.25) is 5.89 Å². The fraction of sp³-hybridized carbons (Fsp3) is 0.125. The second-order valence-corrected chi connectivity index (χ2v) is 7.69. The number of aromatic hydroxyl groups is 1. The summed E-state index contributed by atoms with van der Waals surface area (Å²) in [5, 5.41) is 16.0. The molecule has 0 saturated carbocycles. The molecule has 7 nitrogen and oxygen atoms in total. The van der Waals surface area contributed by atoms with E-state index in [1.165, 1.54) is 6.07 Å². The first-order valence-corrected chi connectivity index (χ1v) is 10.3. The van der Waals surface area contributed by atoms with Gasteiger partial charge in [-0.2, -0.15) is 0 Å². The number of hydrogen-bond acceptors (Lipinski definition) is 6. The summed E-state index contributed by atoms with van der Waals surface area (Å²) in [7, 11) is 0. The average Bonchev–Trinajstić information content (AvgIpc) is 3.17. The quantitative estimate of drug-likeness (QED) is 0.381. The van der Waals surface area contributed by atoms with E-state index in [-0.39, 0.29) is 17.5 Å². The largest absolute Gasteiger partial charge is 0.507 e. The van der Waals surface area contributed by atoms with Crippen LogP contribution in [0.5, 0.6) is 11.5 Å². The van der Waals surface area contributed by atoms with E-state index < -0.39 is 5.91 Å². The van der Waals surface area contributed by atoms with Gasteiger partial charge in [-0.25, -0.2) is 4.98 Å². The van der Waals surface area contributed by atoms with Gasteiger partial charge < -0.3 is 19.6 Å². The first kappa shape index (κ1) is 21.3. The average molecular weight is 448 g/mol. The van der Waals surface area contributed by atoms with Crippen molar-refractivity contribution in [3.05, 3.63) is 71.8 Å². The van der Waals surface area contributed by atoms with Crippen molar-refractivity contribution < 1.29 is 19.1 Å². The molecule has 0 radical (unpaired) electrons. The zero-order valence-electron chi connectivity index (χ0n) is 17.5. The van der Waals surface area contributed by atoms with Gasteiger partial charge in [-0.15, -0.1) is 0 Å². The number of thiocarbonyl (C=S) groups is 1. The van der Waals surface area contributed by atoms with Crippen molar-refractivity contribution in [2.24, 2.45) is 0 Å². The molecule has 8 heteroatoms. The lowest BCUT2D eigenvalue weighted by Gasteiger charge is -2.11. The van der Waals surface area contributed by atoms with Crippen molar-refractivity contribution in [2.45, 2.75) is 13.8 Å². The van der Waals surface area contributed by atoms with E-state index in [1.807, 2.05) is 44.2 Å². The highest BCUT2D eigenvalue weighted by Crippen LogP contribution is 2.34. The number of carbonyl (C=O) groups excluding carboxylic acids is 1. The third-order valence-corrected chi connectivity index (χ3v) is 4.88. The molecule has 1 amide bonds. The number of benzene rings is 3. The molecule has 0 atom stereocenters. The summed E-state index contributed by atoms with van der Waals surface area (Å²) >= 11 is 5.17. The smallest absolute Gasteiger partial charge is 0.264 e. The fourth-order valence-corrected chi connectivity index (χ4v) is 3.50. The fourth-order valence-electron chi connectivity index (χ4n) is 3.27. The normalized spacial score (nSPS) is 10.7. The van der Waals surface area contributed by atoms with Gasteiger partial charge in [0.25, 0.3) is 5.91 Å². The van der Waals surface area contributed by atoms with Crippen LogP contribution in [0.4, 0.5) is 5.69 Å². The molecule has 0 unspecified atom stereocenters. The predicted molar refractivity (Wildman–Crippen MR) is 127 cm³/mol. The highest BCUT2D eigenvalue weighted by atomic mass is 32.1. The van der Waals surface area contributed by atoms with Gasteiger partial charge in [0, 0.05) is 11.8 Å². The van der Waals surface area contributed by atoms with Crippen LogP contribution in [0.15, 0.2) is 65.1 Å². The van der Waals surface area contributed by atoms with Crippen LogP contribution in [-0.2, 0) is 4.79 Å². The van der Waals surface area contributed by atoms with Gasteiger partial charge in [-0.05, 0) is 67.5 Å². The standard InChI is InChI=1S/C24H21N3O4S/c1-14-10-15(2)22-19(11-14)26-23(31-22)18-9-8-16(12-20(18)28)25-24(32)27-21(29)13-30-17-6-4-3-5-7-17/h3-12,28H,13H2,1-2H3,(H2,25,27,29,32). The SMILES string of the molecule is Cc1cc(C)c2oc(-c3ccc(NC(=S)NC(=O)COc4ccccc4)cc3O)nc2c1. The van der Waals surface area contributed by atoms with E-state index in [0.29, 0.717) is 28.5 Å². The summed E-state index contributed by atoms with van der Waals surface area (Å²) in [5.41, 5.74) is 4.45. The number of phenols is 1. The number of carbonyl (C=O) groups is 1. The molecule has 3 aromatic carbocycles. The lowest BCUT2D eigenvalue weighted by Crippen LogP contribution is -2.37. The van der Waals surface area contributed by atoms with Crippen LogP contribution in [-0.4, -0.2) is 27.7 Å². The molecule has 4 rings (SSSR count). The van der Waals surface area contributed by atoms with Crippen LogP contribution in [0.1, 0.15) is 11.1 Å². The van der Waals surface area contributed by atoms with Crippen LogP contribution in [0.3, 0.4) is 0 Å².